The topological polar surface area (TPSA) is 99.7 Å². The fraction of sp³-hybridized carbons (Fsp3) is 0.214. The van der Waals surface area contributed by atoms with Gasteiger partial charge in [0, 0.05) is 19.3 Å². The van der Waals surface area contributed by atoms with E-state index in [-0.39, 0.29) is 17.8 Å². The van der Waals surface area contributed by atoms with Crippen LogP contribution in [0.4, 0.5) is 5.82 Å². The minimum Gasteiger partial charge on any atom is -0.352 e. The van der Waals surface area contributed by atoms with Crippen LogP contribution in [0.5, 0.6) is 0 Å². The lowest BCUT2D eigenvalue weighted by atomic mass is 10.1. The third-order valence-corrected chi connectivity index (χ3v) is 3.58. The fourth-order valence-corrected chi connectivity index (χ4v) is 2.40. The summed E-state index contributed by atoms with van der Waals surface area (Å²) in [7, 11) is 0. The van der Waals surface area contributed by atoms with Gasteiger partial charge in [0.15, 0.2) is 0 Å². The molecule has 1 saturated heterocycles. The van der Waals surface area contributed by atoms with Crippen LogP contribution < -0.4 is 10.2 Å². The lowest BCUT2D eigenvalue weighted by Gasteiger charge is -2.40. The number of aromatic nitrogens is 5. The number of aromatic amines is 1. The molecule has 0 saturated carbocycles. The van der Waals surface area contributed by atoms with Crippen LogP contribution in [-0.2, 0) is 0 Å². The number of hydrogen-bond acceptors (Lipinski definition) is 6. The van der Waals surface area contributed by atoms with Crippen molar-refractivity contribution in [3.8, 4) is 0 Å². The van der Waals surface area contributed by atoms with E-state index < -0.39 is 0 Å². The van der Waals surface area contributed by atoms with E-state index in [1.54, 1.807) is 18.6 Å². The first-order valence-corrected chi connectivity index (χ1v) is 6.92. The number of pyridine rings is 1. The van der Waals surface area contributed by atoms with Gasteiger partial charge < -0.3 is 10.2 Å². The highest BCUT2D eigenvalue weighted by Gasteiger charge is 2.29. The highest BCUT2D eigenvalue weighted by molar-refractivity contribution is 5.92. The molecule has 1 aliphatic heterocycles. The molecule has 8 nitrogen and oxygen atoms in total. The summed E-state index contributed by atoms with van der Waals surface area (Å²) in [6.45, 7) is 1.47. The molecule has 0 radical (unpaired) electrons. The molecule has 110 valence electrons. The summed E-state index contributed by atoms with van der Waals surface area (Å²) >= 11 is 0. The maximum Gasteiger partial charge on any atom is 0.289 e. The van der Waals surface area contributed by atoms with E-state index in [1.165, 1.54) is 0 Å². The van der Waals surface area contributed by atoms with Gasteiger partial charge in [-0.2, -0.15) is 5.10 Å². The Hall–Kier alpha value is -3.03. The number of nitrogens with zero attached hydrogens (tertiary/aromatic N) is 5. The van der Waals surface area contributed by atoms with Crippen molar-refractivity contribution >= 4 is 22.8 Å². The molecule has 0 unspecified atom stereocenters. The van der Waals surface area contributed by atoms with Crippen LogP contribution in [0.1, 0.15) is 10.6 Å². The molecule has 0 aromatic carbocycles. The summed E-state index contributed by atoms with van der Waals surface area (Å²) in [5, 5.41) is 9.54. The number of H-pyrrole nitrogens is 1. The van der Waals surface area contributed by atoms with Crippen molar-refractivity contribution in [2.45, 2.75) is 6.04 Å². The zero-order valence-electron chi connectivity index (χ0n) is 11.6. The molecular formula is C14H13N7O. The molecule has 22 heavy (non-hydrogen) atoms. The Balaban J connectivity index is 1.39. The lowest BCUT2D eigenvalue weighted by molar-refractivity contribution is 0.0920. The second-order valence-electron chi connectivity index (χ2n) is 5.13. The first kappa shape index (κ1) is 12.7. The van der Waals surface area contributed by atoms with E-state index in [1.807, 2.05) is 18.2 Å². The Morgan fingerprint density at radius 3 is 3.00 bits per heavy atom. The molecule has 1 amide bonds. The molecule has 0 aliphatic carbocycles. The molecule has 8 heteroatoms. The van der Waals surface area contributed by atoms with Gasteiger partial charge in [-0.05, 0) is 12.1 Å². The Morgan fingerprint density at radius 1 is 1.27 bits per heavy atom. The summed E-state index contributed by atoms with van der Waals surface area (Å²) in [6, 6.07) is 5.86. The van der Waals surface area contributed by atoms with E-state index in [0.29, 0.717) is 11.0 Å². The summed E-state index contributed by atoms with van der Waals surface area (Å²) in [5.74, 6) is 0.808. The van der Waals surface area contributed by atoms with Crippen molar-refractivity contribution in [2.24, 2.45) is 0 Å². The van der Waals surface area contributed by atoms with Crippen molar-refractivity contribution in [3.63, 3.8) is 0 Å². The summed E-state index contributed by atoms with van der Waals surface area (Å²) < 4.78 is 0. The number of amides is 1. The van der Waals surface area contributed by atoms with E-state index in [2.05, 4.69) is 35.4 Å². The third-order valence-electron chi connectivity index (χ3n) is 3.58. The van der Waals surface area contributed by atoms with Crippen LogP contribution in [-0.4, -0.2) is 50.2 Å². The van der Waals surface area contributed by atoms with Crippen LogP contribution in [0.25, 0.3) is 11.0 Å². The van der Waals surface area contributed by atoms with Crippen molar-refractivity contribution in [2.75, 3.05) is 18.0 Å². The minimum absolute atomic E-state index is 0.0816. The van der Waals surface area contributed by atoms with Crippen molar-refractivity contribution in [3.05, 3.63) is 42.6 Å². The van der Waals surface area contributed by atoms with Gasteiger partial charge in [-0.25, -0.2) is 15.0 Å². The van der Waals surface area contributed by atoms with Gasteiger partial charge in [0.05, 0.1) is 18.4 Å². The van der Waals surface area contributed by atoms with E-state index in [9.17, 15) is 4.79 Å². The highest BCUT2D eigenvalue weighted by Crippen LogP contribution is 2.17. The molecule has 3 aromatic heterocycles. The molecule has 3 aromatic rings. The van der Waals surface area contributed by atoms with Crippen LogP contribution >= 0.6 is 0 Å². The summed E-state index contributed by atoms with van der Waals surface area (Å²) in [5.41, 5.74) is 1.34. The Kier molecular flexibility index (Phi) is 2.92. The second-order valence-corrected chi connectivity index (χ2v) is 5.13. The van der Waals surface area contributed by atoms with E-state index in [0.717, 1.165) is 18.9 Å². The smallest absolute Gasteiger partial charge is 0.289 e. The van der Waals surface area contributed by atoms with Gasteiger partial charge in [-0.15, -0.1) is 0 Å². The van der Waals surface area contributed by atoms with Gasteiger partial charge in [-0.3, -0.25) is 9.89 Å². The van der Waals surface area contributed by atoms with Crippen molar-refractivity contribution < 1.29 is 4.79 Å². The van der Waals surface area contributed by atoms with Crippen molar-refractivity contribution in [1.82, 2.24) is 30.5 Å². The molecule has 2 N–H and O–H groups in total. The third kappa shape index (κ3) is 2.24. The summed E-state index contributed by atoms with van der Waals surface area (Å²) in [6.07, 6.45) is 4.89. The van der Waals surface area contributed by atoms with Crippen LogP contribution in [0.2, 0.25) is 0 Å². The van der Waals surface area contributed by atoms with Crippen LogP contribution in [0.15, 0.2) is 36.8 Å². The van der Waals surface area contributed by atoms with Gasteiger partial charge >= 0.3 is 0 Å². The molecule has 4 rings (SSSR count). The number of carbonyl (C=O) groups is 1. The van der Waals surface area contributed by atoms with E-state index in [4.69, 9.17) is 0 Å². The molecule has 0 atom stereocenters. The maximum absolute atomic E-state index is 12.2. The molecular weight excluding hydrogens is 282 g/mol. The maximum atomic E-state index is 12.2. The Bertz CT molecular complexity index is 810. The second kappa shape index (κ2) is 5.06. The molecule has 1 aliphatic rings. The molecule has 1 fully saturated rings. The van der Waals surface area contributed by atoms with Crippen molar-refractivity contribution in [1.29, 1.82) is 0 Å². The average molecular weight is 295 g/mol. The predicted molar refractivity (Wildman–Crippen MR) is 79.4 cm³/mol. The minimum atomic E-state index is -0.270. The van der Waals surface area contributed by atoms with Gasteiger partial charge in [0.25, 0.3) is 5.91 Å². The Labute approximate surface area is 125 Å². The quantitative estimate of drug-likeness (QED) is 0.724. The first-order chi connectivity index (χ1) is 10.8. The van der Waals surface area contributed by atoms with Crippen LogP contribution in [0.3, 0.4) is 0 Å². The molecule has 4 heterocycles. The predicted octanol–water partition coefficient (Wildman–Crippen LogP) is 0.366. The number of anilines is 1. The number of fused-ring (bicyclic) bond motifs is 1. The largest absolute Gasteiger partial charge is 0.352 e. The monoisotopic (exact) mass is 295 g/mol. The van der Waals surface area contributed by atoms with Gasteiger partial charge in [0.1, 0.15) is 16.9 Å². The highest BCUT2D eigenvalue weighted by atomic mass is 16.2. The molecule has 0 spiro atoms. The number of nitrogens with one attached hydrogen (secondary N) is 2. The SMILES string of the molecule is O=C(NC1CN(c2ccccn2)C1)c1ncc2[nH]ncc2n1. The Morgan fingerprint density at radius 2 is 2.18 bits per heavy atom. The number of rotatable bonds is 3. The summed E-state index contributed by atoms with van der Waals surface area (Å²) in [4.78, 5) is 26.8. The van der Waals surface area contributed by atoms with Gasteiger partial charge in [-0.1, -0.05) is 6.07 Å². The molecule has 0 bridgehead atoms. The fourth-order valence-electron chi connectivity index (χ4n) is 2.40. The lowest BCUT2D eigenvalue weighted by Crippen LogP contribution is -2.59. The average Bonchev–Trinajstić information content (AvgIpc) is 2.98. The first-order valence-electron chi connectivity index (χ1n) is 6.92. The zero-order chi connectivity index (χ0) is 14.9. The standard InChI is InChI=1S/C14H13N7O/c22-14(13-16-5-11-10(19-13)6-17-20-11)18-9-7-21(8-9)12-3-1-2-4-15-12/h1-6,9H,7-8H2,(H,17,20)(H,18,22). The normalized spacial score (nSPS) is 14.8. The van der Waals surface area contributed by atoms with Gasteiger partial charge in [0.2, 0.25) is 5.82 Å². The number of hydrogen-bond donors (Lipinski definition) is 2. The number of carbonyl (C=O) groups excluding carboxylic acids is 1. The van der Waals surface area contributed by atoms with Crippen LogP contribution in [0, 0.1) is 0 Å². The van der Waals surface area contributed by atoms with E-state index >= 15 is 0 Å². The zero-order valence-corrected chi connectivity index (χ0v) is 11.6.